The van der Waals surface area contributed by atoms with Crippen LogP contribution in [-0.4, -0.2) is 17.0 Å². The molecule has 0 fully saturated rings. The molecule has 0 aliphatic carbocycles. The zero-order valence-electron chi connectivity index (χ0n) is 12.9. The first-order valence-electron chi connectivity index (χ1n) is 6.92. The SMILES string of the molecule is Cc1cc(NC(=O)c2cccc(C(F)(F)F)c2)cc(C(=O)O)c1C. The number of hydrogen-bond donors (Lipinski definition) is 2. The van der Waals surface area contributed by atoms with Crippen LogP contribution < -0.4 is 5.32 Å². The van der Waals surface area contributed by atoms with Gasteiger partial charge in [0.05, 0.1) is 11.1 Å². The molecule has 24 heavy (non-hydrogen) atoms. The lowest BCUT2D eigenvalue weighted by Crippen LogP contribution is -2.15. The number of amides is 1. The van der Waals surface area contributed by atoms with E-state index < -0.39 is 23.6 Å². The van der Waals surface area contributed by atoms with E-state index in [-0.39, 0.29) is 16.8 Å². The van der Waals surface area contributed by atoms with Crippen molar-refractivity contribution >= 4 is 17.6 Å². The highest BCUT2D eigenvalue weighted by atomic mass is 19.4. The third-order valence-electron chi connectivity index (χ3n) is 3.61. The second kappa shape index (κ2) is 6.35. The molecule has 2 N–H and O–H groups in total. The minimum absolute atomic E-state index is 0.0225. The first kappa shape index (κ1) is 17.5. The van der Waals surface area contributed by atoms with Crippen molar-refractivity contribution in [1.82, 2.24) is 0 Å². The molecule has 0 unspecified atom stereocenters. The number of carbonyl (C=O) groups excluding carboxylic acids is 1. The van der Waals surface area contributed by atoms with Crippen LogP contribution in [0.4, 0.5) is 18.9 Å². The number of benzene rings is 2. The zero-order chi connectivity index (χ0) is 18.1. The number of carboxylic acids is 1. The second-order valence-corrected chi connectivity index (χ2v) is 5.30. The third-order valence-corrected chi connectivity index (χ3v) is 3.61. The van der Waals surface area contributed by atoms with Crippen LogP contribution in [0.25, 0.3) is 0 Å². The van der Waals surface area contributed by atoms with Gasteiger partial charge in [-0.25, -0.2) is 4.79 Å². The number of alkyl halides is 3. The van der Waals surface area contributed by atoms with E-state index in [2.05, 4.69) is 5.32 Å². The number of nitrogens with one attached hydrogen (secondary N) is 1. The Morgan fingerprint density at radius 2 is 1.75 bits per heavy atom. The molecule has 0 bridgehead atoms. The van der Waals surface area contributed by atoms with Crippen molar-refractivity contribution < 1.29 is 27.9 Å². The van der Waals surface area contributed by atoms with Gasteiger partial charge >= 0.3 is 12.1 Å². The molecule has 1 amide bonds. The Labute approximate surface area is 135 Å². The quantitative estimate of drug-likeness (QED) is 0.879. The molecule has 4 nitrogen and oxygen atoms in total. The fourth-order valence-corrected chi connectivity index (χ4v) is 2.19. The lowest BCUT2D eigenvalue weighted by atomic mass is 10.0. The lowest BCUT2D eigenvalue weighted by molar-refractivity contribution is -0.137. The van der Waals surface area contributed by atoms with Gasteiger partial charge in [-0.1, -0.05) is 6.07 Å². The summed E-state index contributed by atoms with van der Waals surface area (Å²) in [5, 5.41) is 11.6. The van der Waals surface area contributed by atoms with Gasteiger partial charge in [-0.15, -0.1) is 0 Å². The molecular weight excluding hydrogens is 323 g/mol. The van der Waals surface area contributed by atoms with Gasteiger partial charge in [0.1, 0.15) is 0 Å². The van der Waals surface area contributed by atoms with Gasteiger partial charge in [-0.2, -0.15) is 13.2 Å². The summed E-state index contributed by atoms with van der Waals surface area (Å²) >= 11 is 0. The average molecular weight is 337 g/mol. The van der Waals surface area contributed by atoms with Gasteiger partial charge in [0.2, 0.25) is 0 Å². The Hall–Kier alpha value is -2.83. The van der Waals surface area contributed by atoms with E-state index in [1.807, 2.05) is 0 Å². The first-order chi connectivity index (χ1) is 11.1. The van der Waals surface area contributed by atoms with E-state index in [4.69, 9.17) is 5.11 Å². The fourth-order valence-electron chi connectivity index (χ4n) is 2.19. The molecule has 0 aliphatic heterocycles. The van der Waals surface area contributed by atoms with Crippen molar-refractivity contribution in [1.29, 1.82) is 0 Å². The summed E-state index contributed by atoms with van der Waals surface area (Å²) in [6.07, 6.45) is -4.55. The van der Waals surface area contributed by atoms with E-state index in [1.54, 1.807) is 19.9 Å². The van der Waals surface area contributed by atoms with Gasteiger partial charge < -0.3 is 10.4 Å². The minimum Gasteiger partial charge on any atom is -0.478 e. The Morgan fingerprint density at radius 3 is 2.33 bits per heavy atom. The Kier molecular flexibility index (Phi) is 4.64. The van der Waals surface area contributed by atoms with Crippen molar-refractivity contribution in [2.24, 2.45) is 0 Å². The standard InChI is InChI=1S/C17H14F3NO3/c1-9-6-13(8-14(10(9)2)16(23)24)21-15(22)11-4-3-5-12(7-11)17(18,19)20/h3-8H,1-2H3,(H,21,22)(H,23,24). The van der Waals surface area contributed by atoms with Crippen molar-refractivity contribution in [2.75, 3.05) is 5.32 Å². The normalized spacial score (nSPS) is 11.2. The zero-order valence-corrected chi connectivity index (χ0v) is 12.9. The van der Waals surface area contributed by atoms with Gasteiger partial charge in [0.25, 0.3) is 5.91 Å². The molecule has 0 aromatic heterocycles. The molecule has 0 heterocycles. The molecule has 0 spiro atoms. The number of carbonyl (C=O) groups is 2. The number of hydrogen-bond acceptors (Lipinski definition) is 2. The van der Waals surface area contributed by atoms with E-state index >= 15 is 0 Å². The van der Waals surface area contributed by atoms with Crippen molar-refractivity contribution in [3.63, 3.8) is 0 Å². The van der Waals surface area contributed by atoms with Gasteiger partial charge in [0.15, 0.2) is 0 Å². The van der Waals surface area contributed by atoms with E-state index in [1.165, 1.54) is 12.1 Å². The Morgan fingerprint density at radius 1 is 1.08 bits per heavy atom. The summed E-state index contributed by atoms with van der Waals surface area (Å²) in [6, 6.07) is 6.85. The molecular formula is C17H14F3NO3. The van der Waals surface area contributed by atoms with Crippen LogP contribution in [0, 0.1) is 13.8 Å². The molecule has 0 radical (unpaired) electrons. The van der Waals surface area contributed by atoms with Gasteiger partial charge in [-0.3, -0.25) is 4.79 Å². The smallest absolute Gasteiger partial charge is 0.416 e. The predicted octanol–water partition coefficient (Wildman–Crippen LogP) is 4.27. The minimum atomic E-state index is -4.55. The molecule has 0 saturated heterocycles. The van der Waals surface area contributed by atoms with E-state index in [0.717, 1.165) is 18.2 Å². The number of carboxylic acid groups (broad SMARTS) is 1. The number of rotatable bonds is 3. The maximum absolute atomic E-state index is 12.7. The summed E-state index contributed by atoms with van der Waals surface area (Å²) in [4.78, 5) is 23.3. The van der Waals surface area contributed by atoms with Crippen molar-refractivity contribution in [3.8, 4) is 0 Å². The number of halogens is 3. The van der Waals surface area contributed by atoms with Gasteiger partial charge in [0, 0.05) is 11.3 Å². The molecule has 0 aliphatic rings. The highest BCUT2D eigenvalue weighted by Gasteiger charge is 2.30. The van der Waals surface area contributed by atoms with Crippen LogP contribution in [0.5, 0.6) is 0 Å². The highest BCUT2D eigenvalue weighted by Crippen LogP contribution is 2.29. The summed E-state index contributed by atoms with van der Waals surface area (Å²) in [5.74, 6) is -1.90. The highest BCUT2D eigenvalue weighted by molar-refractivity contribution is 6.05. The van der Waals surface area contributed by atoms with Crippen LogP contribution in [0.2, 0.25) is 0 Å². The average Bonchev–Trinajstić information content (AvgIpc) is 2.49. The van der Waals surface area contributed by atoms with Crippen molar-refractivity contribution in [3.05, 3.63) is 64.2 Å². The maximum atomic E-state index is 12.7. The summed E-state index contributed by atoms with van der Waals surface area (Å²) in [6.45, 7) is 3.32. The van der Waals surface area contributed by atoms with Crippen LogP contribution in [0.1, 0.15) is 37.4 Å². The summed E-state index contributed by atoms with van der Waals surface area (Å²) in [7, 11) is 0. The largest absolute Gasteiger partial charge is 0.478 e. The van der Waals surface area contributed by atoms with Crippen LogP contribution in [0.15, 0.2) is 36.4 Å². The van der Waals surface area contributed by atoms with Gasteiger partial charge in [-0.05, 0) is 55.3 Å². The molecule has 2 rings (SSSR count). The van der Waals surface area contributed by atoms with Crippen LogP contribution in [0.3, 0.4) is 0 Å². The van der Waals surface area contributed by atoms with Crippen LogP contribution >= 0.6 is 0 Å². The summed E-state index contributed by atoms with van der Waals surface area (Å²) in [5.41, 5.74) is 0.336. The molecule has 2 aromatic rings. The Balaban J connectivity index is 2.32. The van der Waals surface area contributed by atoms with Crippen LogP contribution in [-0.2, 0) is 6.18 Å². The first-order valence-corrected chi connectivity index (χ1v) is 6.92. The van der Waals surface area contributed by atoms with E-state index in [9.17, 15) is 22.8 Å². The number of aromatic carboxylic acids is 1. The van der Waals surface area contributed by atoms with Crippen molar-refractivity contribution in [2.45, 2.75) is 20.0 Å². The topological polar surface area (TPSA) is 66.4 Å². The molecule has 7 heteroatoms. The Bertz CT molecular complexity index is 813. The maximum Gasteiger partial charge on any atom is 0.416 e. The predicted molar refractivity (Wildman–Crippen MR) is 82.3 cm³/mol. The number of aryl methyl sites for hydroxylation is 1. The lowest BCUT2D eigenvalue weighted by Gasteiger charge is -2.12. The monoisotopic (exact) mass is 337 g/mol. The molecule has 0 saturated carbocycles. The third kappa shape index (κ3) is 3.73. The molecule has 2 aromatic carbocycles. The molecule has 126 valence electrons. The van der Waals surface area contributed by atoms with E-state index in [0.29, 0.717) is 11.1 Å². The molecule has 0 atom stereocenters. The second-order valence-electron chi connectivity index (χ2n) is 5.30. The summed E-state index contributed by atoms with van der Waals surface area (Å²) < 4.78 is 38.1. The fraction of sp³-hybridized carbons (Fsp3) is 0.176. The number of anilines is 1.